The summed E-state index contributed by atoms with van der Waals surface area (Å²) in [6, 6.07) is 15.4. The lowest BCUT2D eigenvalue weighted by molar-refractivity contribution is 0.277. The molecule has 3 N–H and O–H groups in total. The molecule has 1 aromatic heterocycles. The molecule has 2 aromatic carbocycles. The molecule has 6 nitrogen and oxygen atoms in total. The minimum absolute atomic E-state index is 0.0443. The van der Waals surface area contributed by atoms with Crippen molar-refractivity contribution in [2.75, 3.05) is 13.7 Å². The first kappa shape index (κ1) is 15.4. The molecule has 0 aliphatic heterocycles. The number of ether oxygens (including phenoxy) is 1. The van der Waals surface area contributed by atoms with Crippen LogP contribution in [0.25, 0.3) is 11.0 Å². The van der Waals surface area contributed by atoms with Gasteiger partial charge < -0.3 is 24.6 Å². The molecule has 0 amide bonds. The summed E-state index contributed by atoms with van der Waals surface area (Å²) in [6.07, 6.45) is 0. The number of hydrogen-bond acceptors (Lipinski definition) is 4. The Morgan fingerprint density at radius 3 is 2.70 bits per heavy atom. The number of hydrogen-bond donors (Lipinski definition) is 3. The lowest BCUT2D eigenvalue weighted by atomic mass is 10.0. The normalized spacial score (nSPS) is 12.2. The highest BCUT2D eigenvalue weighted by Gasteiger charge is 2.12. The van der Waals surface area contributed by atoms with Crippen LogP contribution in [-0.4, -0.2) is 31.3 Å². The predicted molar refractivity (Wildman–Crippen MR) is 89.5 cm³/mol. The Kier molecular flexibility index (Phi) is 4.80. The standard InChI is InChI=1S/C16H17BN3O3/c1-22-17-20-15(11-5-3-2-4-6-11)10-23-12-7-8-13-14(9-12)19-16(21)18-13/h2-9,15,20H,10H2,1H3,(H2,18,19,21)/t15-/m0/s1. The van der Waals surface area contributed by atoms with Gasteiger partial charge in [0.2, 0.25) is 0 Å². The lowest BCUT2D eigenvalue weighted by Crippen LogP contribution is -2.31. The number of rotatable bonds is 7. The van der Waals surface area contributed by atoms with Gasteiger partial charge in [-0.05, 0) is 17.7 Å². The topological polar surface area (TPSA) is 79.1 Å². The molecule has 3 rings (SSSR count). The Labute approximate surface area is 134 Å². The summed E-state index contributed by atoms with van der Waals surface area (Å²) >= 11 is 0. The van der Waals surface area contributed by atoms with Crippen LogP contribution in [0.1, 0.15) is 11.6 Å². The number of fused-ring (bicyclic) bond motifs is 1. The molecule has 117 valence electrons. The molecule has 0 unspecified atom stereocenters. The summed E-state index contributed by atoms with van der Waals surface area (Å²) < 4.78 is 10.8. The molecule has 23 heavy (non-hydrogen) atoms. The van der Waals surface area contributed by atoms with Crippen LogP contribution in [0, 0.1) is 0 Å². The number of H-pyrrole nitrogens is 2. The maximum Gasteiger partial charge on any atom is 0.396 e. The Morgan fingerprint density at radius 2 is 1.91 bits per heavy atom. The fraction of sp³-hybridized carbons (Fsp3) is 0.188. The third-order valence-corrected chi connectivity index (χ3v) is 3.49. The minimum atomic E-state index is -0.226. The van der Waals surface area contributed by atoms with Gasteiger partial charge in [0.1, 0.15) is 12.4 Å². The van der Waals surface area contributed by atoms with Gasteiger partial charge in [-0.1, -0.05) is 30.3 Å². The van der Waals surface area contributed by atoms with E-state index >= 15 is 0 Å². The average Bonchev–Trinajstić information content (AvgIpc) is 2.95. The Hall–Kier alpha value is -2.51. The number of benzene rings is 2. The number of aromatic nitrogens is 2. The highest BCUT2D eigenvalue weighted by atomic mass is 16.5. The Bertz CT molecular complexity index is 816. The van der Waals surface area contributed by atoms with Crippen LogP contribution in [0.3, 0.4) is 0 Å². The van der Waals surface area contributed by atoms with Crippen LogP contribution in [0.4, 0.5) is 0 Å². The molecule has 0 spiro atoms. The third-order valence-electron chi connectivity index (χ3n) is 3.49. The molecule has 0 saturated carbocycles. The SMILES string of the molecule is CO[B]N[C@@H](COc1ccc2[nH]c(=O)[nH]c2c1)c1ccccc1. The molecule has 1 atom stereocenters. The summed E-state index contributed by atoms with van der Waals surface area (Å²) in [5, 5.41) is 3.16. The monoisotopic (exact) mass is 310 g/mol. The first-order valence-corrected chi connectivity index (χ1v) is 7.26. The Morgan fingerprint density at radius 1 is 1.13 bits per heavy atom. The quantitative estimate of drug-likeness (QED) is 0.581. The van der Waals surface area contributed by atoms with Gasteiger partial charge in [-0.3, -0.25) is 0 Å². The van der Waals surface area contributed by atoms with E-state index in [4.69, 9.17) is 9.39 Å². The van der Waals surface area contributed by atoms with Crippen LogP contribution < -0.4 is 15.7 Å². The van der Waals surface area contributed by atoms with E-state index in [0.717, 1.165) is 16.6 Å². The number of imidazole rings is 1. The second-order valence-electron chi connectivity index (χ2n) is 5.08. The van der Waals surface area contributed by atoms with Gasteiger partial charge in [-0.15, -0.1) is 0 Å². The first-order chi connectivity index (χ1) is 11.3. The largest absolute Gasteiger partial charge is 0.492 e. The molecule has 1 radical (unpaired) electrons. The van der Waals surface area contributed by atoms with Crippen molar-refractivity contribution in [3.63, 3.8) is 0 Å². The van der Waals surface area contributed by atoms with E-state index in [-0.39, 0.29) is 11.7 Å². The van der Waals surface area contributed by atoms with E-state index in [1.807, 2.05) is 42.5 Å². The summed E-state index contributed by atoms with van der Waals surface area (Å²) in [5.41, 5.74) is 2.35. The van der Waals surface area contributed by atoms with Gasteiger partial charge in [-0.25, -0.2) is 4.79 Å². The zero-order chi connectivity index (χ0) is 16.1. The lowest BCUT2D eigenvalue weighted by Gasteiger charge is -2.19. The van der Waals surface area contributed by atoms with Crippen LogP contribution in [0.5, 0.6) is 5.75 Å². The molecule has 1 heterocycles. The summed E-state index contributed by atoms with van der Waals surface area (Å²) in [6.45, 7) is 0.421. The van der Waals surface area contributed by atoms with Gasteiger partial charge >= 0.3 is 13.3 Å². The molecular weight excluding hydrogens is 293 g/mol. The van der Waals surface area contributed by atoms with Crippen molar-refractivity contribution in [2.45, 2.75) is 6.04 Å². The van der Waals surface area contributed by atoms with Crippen LogP contribution in [-0.2, 0) is 4.65 Å². The van der Waals surface area contributed by atoms with Gasteiger partial charge in [-0.2, -0.15) is 0 Å². The molecule has 0 aliphatic rings. The van der Waals surface area contributed by atoms with E-state index in [1.54, 1.807) is 13.2 Å². The van der Waals surface area contributed by atoms with Crippen LogP contribution in [0.15, 0.2) is 53.3 Å². The van der Waals surface area contributed by atoms with Crippen molar-refractivity contribution >= 4 is 18.7 Å². The highest BCUT2D eigenvalue weighted by molar-refractivity contribution is 6.23. The van der Waals surface area contributed by atoms with Crippen LogP contribution in [0.2, 0.25) is 0 Å². The maximum atomic E-state index is 11.3. The van der Waals surface area contributed by atoms with Crippen molar-refractivity contribution in [3.8, 4) is 5.75 Å². The Balaban J connectivity index is 1.72. The summed E-state index contributed by atoms with van der Waals surface area (Å²) in [5.74, 6) is 0.688. The molecule has 7 heteroatoms. The van der Waals surface area contributed by atoms with Gasteiger partial charge in [0.05, 0.1) is 17.1 Å². The number of aromatic amines is 2. The molecular formula is C16H17BN3O3. The number of nitrogens with one attached hydrogen (secondary N) is 3. The fourth-order valence-electron chi connectivity index (χ4n) is 2.36. The minimum Gasteiger partial charge on any atom is -0.492 e. The molecule has 0 bridgehead atoms. The van der Waals surface area contributed by atoms with Gasteiger partial charge in [0.15, 0.2) is 0 Å². The van der Waals surface area contributed by atoms with E-state index in [2.05, 4.69) is 15.2 Å². The highest BCUT2D eigenvalue weighted by Crippen LogP contribution is 2.19. The molecule has 3 aromatic rings. The maximum absolute atomic E-state index is 11.3. The predicted octanol–water partition coefficient (Wildman–Crippen LogP) is 1.75. The van der Waals surface area contributed by atoms with Crippen molar-refractivity contribution < 1.29 is 9.39 Å². The zero-order valence-corrected chi connectivity index (χ0v) is 12.7. The van der Waals surface area contributed by atoms with E-state index in [1.165, 1.54) is 7.62 Å². The van der Waals surface area contributed by atoms with E-state index in [9.17, 15) is 4.79 Å². The second-order valence-corrected chi connectivity index (χ2v) is 5.08. The second kappa shape index (κ2) is 7.17. The van der Waals surface area contributed by atoms with Crippen molar-refractivity contribution in [1.82, 2.24) is 15.2 Å². The van der Waals surface area contributed by atoms with Crippen molar-refractivity contribution in [3.05, 3.63) is 64.6 Å². The fourth-order valence-corrected chi connectivity index (χ4v) is 2.36. The molecule has 0 saturated heterocycles. The third kappa shape index (κ3) is 3.83. The molecule has 0 aliphatic carbocycles. The zero-order valence-electron chi connectivity index (χ0n) is 12.7. The van der Waals surface area contributed by atoms with Crippen molar-refractivity contribution in [2.24, 2.45) is 0 Å². The van der Waals surface area contributed by atoms with Crippen LogP contribution >= 0.6 is 0 Å². The summed E-state index contributed by atoms with van der Waals surface area (Å²) in [7, 11) is 3.12. The summed E-state index contributed by atoms with van der Waals surface area (Å²) in [4.78, 5) is 16.7. The van der Waals surface area contributed by atoms with E-state index < -0.39 is 0 Å². The molecule has 0 fully saturated rings. The first-order valence-electron chi connectivity index (χ1n) is 7.26. The van der Waals surface area contributed by atoms with Gasteiger partial charge in [0.25, 0.3) is 0 Å². The van der Waals surface area contributed by atoms with E-state index in [0.29, 0.717) is 12.4 Å². The van der Waals surface area contributed by atoms with Gasteiger partial charge in [0, 0.05) is 13.2 Å². The van der Waals surface area contributed by atoms with Crippen molar-refractivity contribution in [1.29, 1.82) is 0 Å². The average molecular weight is 310 g/mol. The smallest absolute Gasteiger partial charge is 0.396 e.